The van der Waals surface area contributed by atoms with Gasteiger partial charge in [-0.25, -0.2) is 0 Å². The van der Waals surface area contributed by atoms with Crippen LogP contribution in [0.5, 0.6) is 0 Å². The normalized spacial score (nSPS) is 33.4. The smallest absolute Gasteiger partial charge is 0.0216 e. The molecule has 0 spiro atoms. The quantitative estimate of drug-likeness (QED) is 0.786. The molecule has 4 unspecified atom stereocenters. The maximum absolute atomic E-state index is 3.68. The van der Waals surface area contributed by atoms with Gasteiger partial charge in [0.2, 0.25) is 0 Å². The zero-order chi connectivity index (χ0) is 11.0. The molecule has 2 aliphatic carbocycles. The van der Waals surface area contributed by atoms with E-state index in [4.69, 9.17) is 0 Å². The van der Waals surface area contributed by atoms with Gasteiger partial charge in [0.15, 0.2) is 0 Å². The number of allylic oxidation sites excluding steroid dienone is 2. The van der Waals surface area contributed by atoms with Crippen LogP contribution in [0, 0.1) is 17.8 Å². The summed E-state index contributed by atoms with van der Waals surface area (Å²) in [5.74, 6) is 2.61. The summed E-state index contributed by atoms with van der Waals surface area (Å²) in [6.07, 6.45) is 7.68. The Balaban J connectivity index is 1.54. The Morgan fingerprint density at radius 3 is 3.00 bits per heavy atom. The molecule has 86 valence electrons. The third kappa shape index (κ3) is 1.96. The molecule has 0 aliphatic heterocycles. The zero-order valence-electron chi connectivity index (χ0n) is 9.73. The summed E-state index contributed by atoms with van der Waals surface area (Å²) >= 11 is 1.78. The third-order valence-electron chi connectivity index (χ3n) is 4.18. The molecule has 0 radical (unpaired) electrons. The number of fused-ring (bicyclic) bond motifs is 2. The first-order chi connectivity index (χ1) is 7.83. The maximum Gasteiger partial charge on any atom is 0.0216 e. The lowest BCUT2D eigenvalue weighted by atomic mass is 9.87. The fourth-order valence-electron chi connectivity index (χ4n) is 3.22. The minimum Gasteiger partial charge on any atom is -0.310 e. The number of thiophene rings is 1. The molecule has 0 saturated heterocycles. The molecule has 1 aromatic rings. The van der Waals surface area contributed by atoms with Crippen LogP contribution in [-0.4, -0.2) is 6.04 Å². The molecule has 2 bridgehead atoms. The van der Waals surface area contributed by atoms with Crippen molar-refractivity contribution in [2.24, 2.45) is 17.8 Å². The van der Waals surface area contributed by atoms with Crippen LogP contribution in [0.1, 0.15) is 25.3 Å². The summed E-state index contributed by atoms with van der Waals surface area (Å²) in [6, 6.07) is 2.87. The lowest BCUT2D eigenvalue weighted by molar-refractivity contribution is 0.326. The van der Waals surface area contributed by atoms with Crippen LogP contribution in [0.2, 0.25) is 0 Å². The van der Waals surface area contributed by atoms with E-state index in [1.54, 1.807) is 11.3 Å². The maximum atomic E-state index is 3.68. The lowest BCUT2D eigenvalue weighted by Crippen LogP contribution is -2.35. The first-order valence-electron chi connectivity index (χ1n) is 6.25. The van der Waals surface area contributed by atoms with Crippen LogP contribution in [0.4, 0.5) is 0 Å². The molecule has 1 fully saturated rings. The van der Waals surface area contributed by atoms with Crippen molar-refractivity contribution in [2.45, 2.75) is 32.4 Å². The summed E-state index contributed by atoms with van der Waals surface area (Å²) < 4.78 is 0. The minimum absolute atomic E-state index is 0.653. The number of nitrogens with one attached hydrogen (secondary N) is 1. The van der Waals surface area contributed by atoms with Gasteiger partial charge >= 0.3 is 0 Å². The van der Waals surface area contributed by atoms with Gasteiger partial charge in [0.05, 0.1) is 0 Å². The van der Waals surface area contributed by atoms with Crippen molar-refractivity contribution in [3.8, 4) is 0 Å². The number of hydrogen-bond acceptors (Lipinski definition) is 2. The molecule has 3 rings (SSSR count). The van der Waals surface area contributed by atoms with E-state index in [2.05, 4.69) is 41.2 Å². The molecule has 1 N–H and O–H groups in total. The zero-order valence-corrected chi connectivity index (χ0v) is 10.5. The molecular formula is C14H19NS. The Kier molecular flexibility index (Phi) is 2.86. The molecule has 1 heterocycles. The van der Waals surface area contributed by atoms with Crippen LogP contribution < -0.4 is 5.32 Å². The van der Waals surface area contributed by atoms with Crippen LogP contribution >= 0.6 is 11.3 Å². The van der Waals surface area contributed by atoms with Crippen molar-refractivity contribution in [3.05, 3.63) is 34.5 Å². The third-order valence-corrected chi connectivity index (χ3v) is 4.91. The number of hydrogen-bond donors (Lipinski definition) is 1. The van der Waals surface area contributed by atoms with E-state index < -0.39 is 0 Å². The summed E-state index contributed by atoms with van der Waals surface area (Å²) in [4.78, 5) is 0. The summed E-state index contributed by atoms with van der Waals surface area (Å²) in [7, 11) is 0. The van der Waals surface area contributed by atoms with Crippen LogP contribution in [0.25, 0.3) is 0 Å². The van der Waals surface area contributed by atoms with Gasteiger partial charge in [-0.3, -0.25) is 0 Å². The van der Waals surface area contributed by atoms with Crippen molar-refractivity contribution in [1.29, 1.82) is 0 Å². The summed E-state index contributed by atoms with van der Waals surface area (Å²) in [5.41, 5.74) is 1.43. The highest BCUT2D eigenvalue weighted by molar-refractivity contribution is 7.07. The Morgan fingerprint density at radius 1 is 1.44 bits per heavy atom. The monoisotopic (exact) mass is 233 g/mol. The van der Waals surface area contributed by atoms with Gasteiger partial charge in [-0.1, -0.05) is 12.2 Å². The predicted octanol–water partition coefficient (Wildman–Crippen LogP) is 3.44. The standard InChI is InChI=1S/C14H19NS/c1-10(15-8-12-4-5-16-9-12)14-7-11-2-3-13(14)6-11/h2-5,9-11,13-15H,6-8H2,1H3. The molecule has 2 aliphatic rings. The van der Waals surface area contributed by atoms with Gasteiger partial charge in [0, 0.05) is 12.6 Å². The second-order valence-corrected chi connectivity index (χ2v) is 6.03. The highest BCUT2D eigenvalue weighted by Crippen LogP contribution is 2.44. The van der Waals surface area contributed by atoms with Gasteiger partial charge < -0.3 is 5.32 Å². The van der Waals surface area contributed by atoms with E-state index in [1.165, 1.54) is 18.4 Å². The van der Waals surface area contributed by atoms with Crippen molar-refractivity contribution in [2.75, 3.05) is 0 Å². The van der Waals surface area contributed by atoms with Gasteiger partial charge in [-0.05, 0) is 59.9 Å². The van der Waals surface area contributed by atoms with E-state index in [9.17, 15) is 0 Å². The molecule has 0 amide bonds. The van der Waals surface area contributed by atoms with Gasteiger partial charge in [0.25, 0.3) is 0 Å². The van der Waals surface area contributed by atoms with E-state index in [0.29, 0.717) is 6.04 Å². The molecule has 1 aromatic heterocycles. The van der Waals surface area contributed by atoms with E-state index in [-0.39, 0.29) is 0 Å². The molecule has 4 atom stereocenters. The highest BCUT2D eigenvalue weighted by atomic mass is 32.1. The Hall–Kier alpha value is -0.600. The SMILES string of the molecule is CC(NCc1ccsc1)C1CC2C=CC1C2. The van der Waals surface area contributed by atoms with E-state index in [0.717, 1.165) is 24.3 Å². The molecule has 0 aromatic carbocycles. The molecule has 1 nitrogen and oxygen atoms in total. The fourth-order valence-corrected chi connectivity index (χ4v) is 3.89. The van der Waals surface area contributed by atoms with Crippen LogP contribution in [0.15, 0.2) is 29.0 Å². The Morgan fingerprint density at radius 2 is 2.38 bits per heavy atom. The second kappa shape index (κ2) is 4.34. The lowest BCUT2D eigenvalue weighted by Gasteiger charge is -2.26. The van der Waals surface area contributed by atoms with Gasteiger partial charge in [0.1, 0.15) is 0 Å². The van der Waals surface area contributed by atoms with Crippen molar-refractivity contribution >= 4 is 11.3 Å². The molecule has 1 saturated carbocycles. The highest BCUT2D eigenvalue weighted by Gasteiger charge is 2.38. The van der Waals surface area contributed by atoms with E-state index >= 15 is 0 Å². The largest absolute Gasteiger partial charge is 0.310 e. The Labute approximate surface area is 102 Å². The fraction of sp³-hybridized carbons (Fsp3) is 0.571. The predicted molar refractivity (Wildman–Crippen MR) is 69.5 cm³/mol. The molecule has 2 heteroatoms. The second-order valence-electron chi connectivity index (χ2n) is 5.25. The first-order valence-corrected chi connectivity index (χ1v) is 7.20. The average Bonchev–Trinajstić information content (AvgIpc) is 3.01. The first kappa shape index (κ1) is 10.5. The van der Waals surface area contributed by atoms with Crippen molar-refractivity contribution in [3.63, 3.8) is 0 Å². The summed E-state index contributed by atoms with van der Waals surface area (Å²) in [6.45, 7) is 3.38. The van der Waals surface area contributed by atoms with Crippen LogP contribution in [0.3, 0.4) is 0 Å². The summed E-state index contributed by atoms with van der Waals surface area (Å²) in [5, 5.41) is 8.08. The molecule has 16 heavy (non-hydrogen) atoms. The van der Waals surface area contributed by atoms with E-state index in [1.807, 2.05) is 0 Å². The minimum atomic E-state index is 0.653. The van der Waals surface area contributed by atoms with Gasteiger partial charge in [-0.15, -0.1) is 0 Å². The molecular weight excluding hydrogens is 214 g/mol. The number of rotatable bonds is 4. The van der Waals surface area contributed by atoms with Gasteiger partial charge in [-0.2, -0.15) is 11.3 Å². The van der Waals surface area contributed by atoms with Crippen LogP contribution in [-0.2, 0) is 6.54 Å². The van der Waals surface area contributed by atoms with Crippen molar-refractivity contribution in [1.82, 2.24) is 5.32 Å². The average molecular weight is 233 g/mol. The Bertz CT molecular complexity index is 368. The topological polar surface area (TPSA) is 12.0 Å². The van der Waals surface area contributed by atoms with Crippen molar-refractivity contribution < 1.29 is 0 Å².